The fourth-order valence-electron chi connectivity index (χ4n) is 10.8. The van der Waals surface area contributed by atoms with Crippen LogP contribution in [0.15, 0.2) is 227 Å². The fraction of sp³-hybridized carbons (Fsp3) is 0. The van der Waals surface area contributed by atoms with Crippen molar-refractivity contribution in [3.05, 3.63) is 218 Å². The lowest BCUT2D eigenvalue weighted by molar-refractivity contribution is 0.663. The molecule has 14 rings (SSSR count). The van der Waals surface area contributed by atoms with Crippen molar-refractivity contribution in [2.75, 3.05) is 0 Å². The molecule has 2 heterocycles. The summed E-state index contributed by atoms with van der Waals surface area (Å²) in [5.74, 6) is 0. The third-order valence-corrected chi connectivity index (χ3v) is 13.6. The molecule has 2 heteroatoms. The van der Waals surface area contributed by atoms with Crippen LogP contribution < -0.4 is 0 Å². The molecule has 14 aromatic rings. The second-order valence-corrected chi connectivity index (χ2v) is 17.1. The maximum Gasteiger partial charge on any atom is 0.147 e. The highest BCUT2D eigenvalue weighted by Gasteiger charge is 2.21. The van der Waals surface area contributed by atoms with E-state index in [0.29, 0.717) is 0 Å². The Morgan fingerprint density at radius 3 is 1.61 bits per heavy atom. The van der Waals surface area contributed by atoms with Crippen LogP contribution >= 0.6 is 0 Å². The Hall–Kier alpha value is -8.46. The van der Waals surface area contributed by atoms with E-state index < -0.39 is 0 Å². The van der Waals surface area contributed by atoms with Crippen molar-refractivity contribution >= 4 is 97.7 Å². The minimum atomic E-state index is 0.821. The minimum Gasteiger partial charge on any atom is -0.456 e. The molecule has 0 bridgehead atoms. The Morgan fingerprint density at radius 1 is 0.234 bits per heavy atom. The van der Waals surface area contributed by atoms with Gasteiger partial charge in [-0.25, -0.2) is 0 Å². The first-order valence-corrected chi connectivity index (χ1v) is 22.0. The quantitative estimate of drug-likeness (QED) is 0.131. The zero-order valence-corrected chi connectivity index (χ0v) is 34.6. The molecular weight excluding hydrogens is 777 g/mol. The van der Waals surface area contributed by atoms with Crippen LogP contribution in [0.1, 0.15) is 0 Å². The molecule has 0 saturated carbocycles. The number of benzene rings is 12. The van der Waals surface area contributed by atoms with Crippen LogP contribution in [0.2, 0.25) is 0 Å². The highest BCUT2D eigenvalue weighted by molar-refractivity contribution is 6.25. The predicted octanol–water partition coefficient (Wildman–Crippen LogP) is 17.9. The van der Waals surface area contributed by atoms with Gasteiger partial charge in [-0.2, -0.15) is 0 Å². The second-order valence-electron chi connectivity index (χ2n) is 17.1. The van der Waals surface area contributed by atoms with Crippen molar-refractivity contribution < 1.29 is 8.83 Å². The van der Waals surface area contributed by atoms with E-state index in [9.17, 15) is 0 Å². The largest absolute Gasteiger partial charge is 0.456 e. The second kappa shape index (κ2) is 13.5. The standard InChI is InChI=1S/C62H36O2/c1-3-15-43-37(12-1)14-11-22-44(43)41-28-30-51-54(35-41)60(42-29-32-57-55(36-42)61-58(63-57)33-31-52-48-19-9-10-23-56(48)64-62(52)61)50-21-8-7-20-49(50)59(51)39-26-24-38(25-27-39)53-34-40-13-2-4-16-45(40)46-17-5-6-18-47(46)53/h1-36H. The number of furan rings is 2. The van der Waals surface area contributed by atoms with Crippen molar-refractivity contribution in [3.63, 3.8) is 0 Å². The van der Waals surface area contributed by atoms with Crippen LogP contribution in [-0.4, -0.2) is 0 Å². The van der Waals surface area contributed by atoms with Gasteiger partial charge < -0.3 is 8.83 Å². The molecule has 0 N–H and O–H groups in total. The van der Waals surface area contributed by atoms with Crippen LogP contribution in [0.3, 0.4) is 0 Å². The van der Waals surface area contributed by atoms with Crippen molar-refractivity contribution in [2.45, 2.75) is 0 Å². The van der Waals surface area contributed by atoms with E-state index >= 15 is 0 Å². The highest BCUT2D eigenvalue weighted by atomic mass is 16.3. The molecule has 0 unspecified atom stereocenters. The molecule has 0 aliphatic carbocycles. The van der Waals surface area contributed by atoms with Crippen LogP contribution in [0, 0.1) is 0 Å². The summed E-state index contributed by atoms with van der Waals surface area (Å²) in [7, 11) is 0. The average Bonchev–Trinajstić information content (AvgIpc) is 3.93. The van der Waals surface area contributed by atoms with Crippen molar-refractivity contribution in [1.82, 2.24) is 0 Å². The Labute approximate surface area is 367 Å². The van der Waals surface area contributed by atoms with Crippen molar-refractivity contribution in [2.24, 2.45) is 0 Å². The molecule has 0 saturated heterocycles. The number of para-hydroxylation sites is 1. The lowest BCUT2D eigenvalue weighted by Gasteiger charge is -2.19. The molecule has 2 aromatic heterocycles. The van der Waals surface area contributed by atoms with Gasteiger partial charge in [0.05, 0.1) is 5.39 Å². The summed E-state index contributed by atoms with van der Waals surface area (Å²) >= 11 is 0. The molecule has 0 aliphatic rings. The van der Waals surface area contributed by atoms with Crippen LogP contribution in [0.5, 0.6) is 0 Å². The van der Waals surface area contributed by atoms with Gasteiger partial charge in [-0.1, -0.05) is 176 Å². The summed E-state index contributed by atoms with van der Waals surface area (Å²) in [6, 6.07) is 79.6. The van der Waals surface area contributed by atoms with E-state index in [1.165, 1.54) is 92.8 Å². The molecule has 0 amide bonds. The first-order chi connectivity index (χ1) is 31.7. The summed E-state index contributed by atoms with van der Waals surface area (Å²) in [5, 5.41) is 16.6. The molecule has 0 spiro atoms. The van der Waals surface area contributed by atoms with E-state index in [4.69, 9.17) is 8.83 Å². The lowest BCUT2D eigenvalue weighted by Crippen LogP contribution is -1.92. The van der Waals surface area contributed by atoms with Gasteiger partial charge in [0.25, 0.3) is 0 Å². The summed E-state index contributed by atoms with van der Waals surface area (Å²) in [5.41, 5.74) is 13.0. The molecule has 0 atom stereocenters. The Kier molecular flexibility index (Phi) is 7.43. The summed E-state index contributed by atoms with van der Waals surface area (Å²) in [4.78, 5) is 0. The molecule has 12 aromatic carbocycles. The molecular formula is C62H36O2. The zero-order valence-electron chi connectivity index (χ0n) is 34.6. The topological polar surface area (TPSA) is 26.3 Å². The van der Waals surface area contributed by atoms with Crippen LogP contribution in [0.4, 0.5) is 0 Å². The molecule has 2 nitrogen and oxygen atoms in total. The van der Waals surface area contributed by atoms with Gasteiger partial charge in [-0.3, -0.25) is 0 Å². The molecule has 0 fully saturated rings. The molecule has 64 heavy (non-hydrogen) atoms. The number of rotatable bonds is 4. The number of hydrogen-bond donors (Lipinski definition) is 0. The number of hydrogen-bond acceptors (Lipinski definition) is 2. The Balaban J connectivity index is 1.03. The summed E-state index contributed by atoms with van der Waals surface area (Å²) in [6.07, 6.45) is 0. The van der Waals surface area contributed by atoms with E-state index in [-0.39, 0.29) is 0 Å². The third kappa shape index (κ3) is 5.14. The van der Waals surface area contributed by atoms with Crippen molar-refractivity contribution in [1.29, 1.82) is 0 Å². The normalized spacial score (nSPS) is 12.1. The number of fused-ring (bicyclic) bond motifs is 13. The summed E-state index contributed by atoms with van der Waals surface area (Å²) in [6.45, 7) is 0. The van der Waals surface area contributed by atoms with Gasteiger partial charge >= 0.3 is 0 Å². The van der Waals surface area contributed by atoms with Gasteiger partial charge in [-0.05, 0) is 141 Å². The SMILES string of the molecule is c1ccc2c(-c3ccc4c(-c5ccc(-c6cc7ccccc7c7ccccc67)cc5)c5ccccc5c(-c5ccc6oc7ccc8c9ccccc9oc8c7c6c5)c4c3)cccc2c1. The van der Waals surface area contributed by atoms with E-state index in [1.54, 1.807) is 0 Å². The summed E-state index contributed by atoms with van der Waals surface area (Å²) < 4.78 is 13.1. The zero-order chi connectivity index (χ0) is 41.9. The first-order valence-electron chi connectivity index (χ1n) is 22.0. The smallest absolute Gasteiger partial charge is 0.147 e. The third-order valence-electron chi connectivity index (χ3n) is 13.6. The minimum absolute atomic E-state index is 0.821. The van der Waals surface area contributed by atoms with Crippen LogP contribution in [-0.2, 0) is 0 Å². The molecule has 0 radical (unpaired) electrons. The maximum absolute atomic E-state index is 6.60. The maximum atomic E-state index is 6.60. The lowest BCUT2D eigenvalue weighted by atomic mass is 9.84. The van der Waals surface area contributed by atoms with E-state index in [2.05, 4.69) is 206 Å². The predicted molar refractivity (Wildman–Crippen MR) is 270 cm³/mol. The molecule has 0 aliphatic heterocycles. The average molecular weight is 813 g/mol. The molecule has 296 valence electrons. The van der Waals surface area contributed by atoms with Gasteiger partial charge in [0.1, 0.15) is 22.3 Å². The highest BCUT2D eigenvalue weighted by Crippen LogP contribution is 2.48. The monoisotopic (exact) mass is 812 g/mol. The Bertz CT molecular complexity index is 4230. The first kappa shape index (κ1) is 35.2. The fourth-order valence-corrected chi connectivity index (χ4v) is 10.8. The van der Waals surface area contributed by atoms with Crippen molar-refractivity contribution in [3.8, 4) is 44.5 Å². The van der Waals surface area contributed by atoms with E-state index in [1.807, 2.05) is 12.1 Å². The van der Waals surface area contributed by atoms with Gasteiger partial charge in [0.15, 0.2) is 0 Å². The van der Waals surface area contributed by atoms with Gasteiger partial charge in [0.2, 0.25) is 0 Å². The van der Waals surface area contributed by atoms with Crippen LogP contribution in [0.25, 0.3) is 142 Å². The Morgan fingerprint density at radius 2 is 0.781 bits per heavy atom. The van der Waals surface area contributed by atoms with E-state index in [0.717, 1.165) is 49.4 Å². The van der Waals surface area contributed by atoms with Gasteiger partial charge in [0, 0.05) is 16.2 Å². The van der Waals surface area contributed by atoms with Gasteiger partial charge in [-0.15, -0.1) is 0 Å².